The molecule has 0 bridgehead atoms. The summed E-state index contributed by atoms with van der Waals surface area (Å²) in [4.78, 5) is 38.3. The molecule has 0 aromatic heterocycles. The third-order valence-corrected chi connectivity index (χ3v) is 13.0. The van der Waals surface area contributed by atoms with Crippen LogP contribution in [-0.4, -0.2) is 37.2 Å². The SMILES string of the molecule is CCCCC/C=C/C/C=C/C/C=C/C/C=C/CCCC(=O)OC[C@H](COC(=O)CCCCCCCCCCC/C=C/C/C=C/CCCCC)OC(=O)CCCCCCCCCCC/C=C/C/C=C/CCCCC. The predicted octanol–water partition coefficient (Wildman–Crippen LogP) is 20.9. The first kappa shape index (κ1) is 69.3. The van der Waals surface area contributed by atoms with Crippen LogP contribution in [0.5, 0.6) is 0 Å². The second kappa shape index (κ2) is 60.9. The van der Waals surface area contributed by atoms with Crippen LogP contribution >= 0.6 is 0 Å². The summed E-state index contributed by atoms with van der Waals surface area (Å²) < 4.78 is 16.9. The summed E-state index contributed by atoms with van der Waals surface area (Å²) in [6.45, 7) is 6.53. The number of carbonyl (C=O) groups is 3. The van der Waals surface area contributed by atoms with Crippen LogP contribution in [0.1, 0.15) is 290 Å². The molecule has 0 aliphatic rings. The van der Waals surface area contributed by atoms with Crippen LogP contribution in [0.2, 0.25) is 0 Å². The Kier molecular flexibility index (Phi) is 57.8. The van der Waals surface area contributed by atoms with E-state index in [9.17, 15) is 14.4 Å². The summed E-state index contributed by atoms with van der Waals surface area (Å²) in [7, 11) is 0. The van der Waals surface area contributed by atoms with Crippen LogP contribution in [0.15, 0.2) is 97.2 Å². The van der Waals surface area contributed by atoms with Crippen molar-refractivity contribution >= 4 is 17.9 Å². The van der Waals surface area contributed by atoms with Gasteiger partial charge in [-0.2, -0.15) is 0 Å². The van der Waals surface area contributed by atoms with Gasteiger partial charge in [-0.3, -0.25) is 14.4 Å². The van der Waals surface area contributed by atoms with Crippen LogP contribution in [0.3, 0.4) is 0 Å². The van der Waals surface area contributed by atoms with E-state index in [-0.39, 0.29) is 37.5 Å². The van der Waals surface area contributed by atoms with E-state index in [0.717, 1.165) is 77.0 Å². The second-order valence-corrected chi connectivity index (χ2v) is 20.2. The quantitative estimate of drug-likeness (QED) is 0.0261. The van der Waals surface area contributed by atoms with Crippen LogP contribution < -0.4 is 0 Å². The molecule has 0 rings (SSSR count). The molecule has 0 spiro atoms. The number of rotatable bonds is 55. The molecule has 0 aliphatic carbocycles. The molecule has 0 aliphatic heterocycles. The summed E-state index contributed by atoms with van der Waals surface area (Å²) in [5.41, 5.74) is 0. The fourth-order valence-corrected chi connectivity index (χ4v) is 8.38. The van der Waals surface area contributed by atoms with Crippen molar-refractivity contribution < 1.29 is 28.6 Å². The fraction of sp³-hybridized carbons (Fsp3) is 0.716. The molecule has 6 nitrogen and oxygen atoms in total. The third-order valence-electron chi connectivity index (χ3n) is 13.0. The summed E-state index contributed by atoms with van der Waals surface area (Å²) in [5, 5.41) is 0. The van der Waals surface area contributed by atoms with E-state index in [4.69, 9.17) is 14.2 Å². The Morgan fingerprint density at radius 2 is 0.507 bits per heavy atom. The molecule has 0 heterocycles. The maximum absolute atomic E-state index is 12.9. The van der Waals surface area contributed by atoms with Gasteiger partial charge >= 0.3 is 17.9 Å². The summed E-state index contributed by atoms with van der Waals surface area (Å²) >= 11 is 0. The van der Waals surface area contributed by atoms with Crippen molar-refractivity contribution in [3.8, 4) is 0 Å². The smallest absolute Gasteiger partial charge is 0.306 e. The topological polar surface area (TPSA) is 78.9 Å². The Hall–Kier alpha value is -3.67. The van der Waals surface area contributed by atoms with Gasteiger partial charge in [0.15, 0.2) is 6.10 Å². The maximum atomic E-state index is 12.9. The standard InChI is InChI=1S/C67H114O6/c1-4-7-10-13-16-19-22-25-28-31-33-36-39-42-45-48-51-54-57-60-66(69)72-63-64(62-71-65(68)59-56-53-50-47-44-41-38-35-30-27-24-21-18-15-12-9-6-3)73-67(70)61-58-55-52-49-46-43-40-37-34-32-29-26-23-20-17-14-11-8-5-2/h16-21,25-30,38,41,47,50,64H,4-15,22-24,31-37,39-40,42-46,48-49,51-63H2,1-3H3/b19-16+,20-17+,21-18+,28-25+,29-26+,30-27+,41-38+,50-47+/t64-/m1/s1. The molecule has 0 aromatic carbocycles. The molecule has 0 saturated carbocycles. The van der Waals surface area contributed by atoms with Gasteiger partial charge in [0.25, 0.3) is 0 Å². The lowest BCUT2D eigenvalue weighted by Crippen LogP contribution is -2.30. The molecule has 1 atom stereocenters. The summed E-state index contributed by atoms with van der Waals surface area (Å²) in [6.07, 6.45) is 81.1. The molecule has 6 heteroatoms. The van der Waals surface area contributed by atoms with Crippen LogP contribution in [0.25, 0.3) is 0 Å². The van der Waals surface area contributed by atoms with Gasteiger partial charge in [0.2, 0.25) is 0 Å². The van der Waals surface area contributed by atoms with Gasteiger partial charge in [-0.1, -0.05) is 246 Å². The van der Waals surface area contributed by atoms with Gasteiger partial charge in [-0.05, 0) is 122 Å². The van der Waals surface area contributed by atoms with E-state index in [1.54, 1.807) is 0 Å². The summed E-state index contributed by atoms with van der Waals surface area (Å²) in [6, 6.07) is 0. The van der Waals surface area contributed by atoms with Crippen LogP contribution in [0.4, 0.5) is 0 Å². The van der Waals surface area contributed by atoms with E-state index < -0.39 is 6.10 Å². The molecular weight excluding hydrogens is 901 g/mol. The molecule has 0 fully saturated rings. The first-order valence-electron chi connectivity index (χ1n) is 30.7. The van der Waals surface area contributed by atoms with Gasteiger partial charge in [0.1, 0.15) is 13.2 Å². The first-order valence-corrected chi connectivity index (χ1v) is 30.7. The third kappa shape index (κ3) is 59.1. The van der Waals surface area contributed by atoms with Crippen LogP contribution in [-0.2, 0) is 28.6 Å². The lowest BCUT2D eigenvalue weighted by atomic mass is 10.1. The number of hydrogen-bond acceptors (Lipinski definition) is 6. The zero-order valence-corrected chi connectivity index (χ0v) is 47.9. The van der Waals surface area contributed by atoms with E-state index in [0.29, 0.717) is 19.3 Å². The fourth-order valence-electron chi connectivity index (χ4n) is 8.38. The normalized spacial score (nSPS) is 12.8. The van der Waals surface area contributed by atoms with Crippen molar-refractivity contribution in [3.63, 3.8) is 0 Å². The highest BCUT2D eigenvalue weighted by Gasteiger charge is 2.19. The largest absolute Gasteiger partial charge is 0.462 e. The highest BCUT2D eigenvalue weighted by atomic mass is 16.6. The van der Waals surface area contributed by atoms with Crippen molar-refractivity contribution in [1.82, 2.24) is 0 Å². The average Bonchev–Trinajstić information content (AvgIpc) is 3.39. The zero-order chi connectivity index (χ0) is 52.9. The molecular formula is C67H114O6. The number of unbranched alkanes of at least 4 members (excludes halogenated alkanes) is 28. The molecule has 418 valence electrons. The van der Waals surface area contributed by atoms with Gasteiger partial charge < -0.3 is 14.2 Å². The van der Waals surface area contributed by atoms with Gasteiger partial charge in [-0.25, -0.2) is 0 Å². The summed E-state index contributed by atoms with van der Waals surface area (Å²) in [5.74, 6) is -0.958. The Bertz CT molecular complexity index is 1440. The number of allylic oxidation sites excluding steroid dienone is 16. The molecule has 0 amide bonds. The molecule has 73 heavy (non-hydrogen) atoms. The number of carbonyl (C=O) groups excluding carboxylic acids is 3. The minimum Gasteiger partial charge on any atom is -0.462 e. The van der Waals surface area contributed by atoms with Gasteiger partial charge in [0.05, 0.1) is 0 Å². The van der Waals surface area contributed by atoms with E-state index in [1.807, 2.05) is 0 Å². The minimum atomic E-state index is -0.806. The predicted molar refractivity (Wildman–Crippen MR) is 316 cm³/mol. The zero-order valence-electron chi connectivity index (χ0n) is 47.9. The van der Waals surface area contributed by atoms with Crippen molar-refractivity contribution in [2.24, 2.45) is 0 Å². The van der Waals surface area contributed by atoms with Crippen molar-refractivity contribution in [3.05, 3.63) is 97.2 Å². The average molecular weight is 1020 g/mol. The Morgan fingerprint density at radius 1 is 0.274 bits per heavy atom. The van der Waals surface area contributed by atoms with Gasteiger partial charge in [0, 0.05) is 19.3 Å². The van der Waals surface area contributed by atoms with Crippen molar-refractivity contribution in [2.45, 2.75) is 297 Å². The number of esters is 3. The molecule has 0 unspecified atom stereocenters. The Morgan fingerprint density at radius 3 is 0.822 bits per heavy atom. The van der Waals surface area contributed by atoms with Gasteiger partial charge in [-0.15, -0.1) is 0 Å². The molecule has 0 N–H and O–H groups in total. The second-order valence-electron chi connectivity index (χ2n) is 20.2. The Balaban J connectivity index is 4.47. The lowest BCUT2D eigenvalue weighted by molar-refractivity contribution is -0.167. The molecule has 0 aromatic rings. The van der Waals surface area contributed by atoms with Crippen LogP contribution in [0, 0.1) is 0 Å². The van der Waals surface area contributed by atoms with E-state index >= 15 is 0 Å². The monoisotopic (exact) mass is 1010 g/mol. The van der Waals surface area contributed by atoms with Crippen molar-refractivity contribution in [1.29, 1.82) is 0 Å². The van der Waals surface area contributed by atoms with E-state index in [1.165, 1.54) is 167 Å². The highest BCUT2D eigenvalue weighted by molar-refractivity contribution is 5.71. The molecule has 0 radical (unpaired) electrons. The molecule has 0 saturated heterocycles. The lowest BCUT2D eigenvalue weighted by Gasteiger charge is -2.18. The maximum Gasteiger partial charge on any atom is 0.306 e. The first-order chi connectivity index (χ1) is 36.0. The van der Waals surface area contributed by atoms with E-state index in [2.05, 4.69) is 118 Å². The number of ether oxygens (including phenoxy) is 3. The minimum absolute atomic E-state index is 0.0984. The number of hydrogen-bond donors (Lipinski definition) is 0. The Labute approximate surface area is 451 Å². The highest BCUT2D eigenvalue weighted by Crippen LogP contribution is 2.15. The van der Waals surface area contributed by atoms with Crippen molar-refractivity contribution in [2.75, 3.05) is 13.2 Å².